The topological polar surface area (TPSA) is 55.1 Å². The van der Waals surface area contributed by atoms with E-state index in [2.05, 4.69) is 5.32 Å². The second-order valence-electron chi connectivity index (χ2n) is 4.97. The van der Waals surface area contributed by atoms with Crippen LogP contribution in [-0.4, -0.2) is 17.5 Å². The summed E-state index contributed by atoms with van der Waals surface area (Å²) in [5, 5.41) is 2.87. The molecule has 0 aromatic carbocycles. The molecule has 78 valence electrons. The fourth-order valence-electron chi connectivity index (χ4n) is 0.735. The van der Waals surface area contributed by atoms with E-state index in [4.69, 9.17) is 5.73 Å². The average molecular weight is 186 g/mol. The first kappa shape index (κ1) is 12.4. The van der Waals surface area contributed by atoms with Crippen molar-refractivity contribution >= 4 is 5.91 Å². The number of nitrogens with two attached hydrogens (primary N) is 1. The Hall–Kier alpha value is -0.570. The minimum absolute atomic E-state index is 0.00926. The quantitative estimate of drug-likeness (QED) is 0.697. The zero-order chi connectivity index (χ0) is 10.9. The van der Waals surface area contributed by atoms with Gasteiger partial charge >= 0.3 is 0 Å². The second-order valence-corrected chi connectivity index (χ2v) is 4.97. The van der Waals surface area contributed by atoms with Gasteiger partial charge in [-0.15, -0.1) is 0 Å². The summed E-state index contributed by atoms with van der Waals surface area (Å²) >= 11 is 0. The Morgan fingerprint density at radius 1 is 1.23 bits per heavy atom. The zero-order valence-electron chi connectivity index (χ0n) is 9.56. The van der Waals surface area contributed by atoms with Crippen molar-refractivity contribution < 1.29 is 4.79 Å². The Balaban J connectivity index is 4.56. The largest absolute Gasteiger partial charge is 0.353 e. The van der Waals surface area contributed by atoms with Gasteiger partial charge in [-0.1, -0.05) is 0 Å². The maximum absolute atomic E-state index is 11.7. The van der Waals surface area contributed by atoms with Gasteiger partial charge in [-0.2, -0.15) is 0 Å². The van der Waals surface area contributed by atoms with Crippen molar-refractivity contribution in [3.63, 3.8) is 0 Å². The molecule has 0 aromatic rings. The summed E-state index contributed by atoms with van der Waals surface area (Å²) in [6, 6.07) is 0.161. The number of carbonyl (C=O) groups is 1. The molecular weight excluding hydrogens is 164 g/mol. The van der Waals surface area contributed by atoms with Crippen LogP contribution in [0.1, 0.15) is 41.5 Å². The Morgan fingerprint density at radius 2 is 1.62 bits per heavy atom. The molecule has 0 radical (unpaired) electrons. The summed E-state index contributed by atoms with van der Waals surface area (Å²) in [6.45, 7) is 11.4. The molecule has 0 aromatic heterocycles. The van der Waals surface area contributed by atoms with Gasteiger partial charge in [0, 0.05) is 11.6 Å². The monoisotopic (exact) mass is 186 g/mol. The molecule has 0 unspecified atom stereocenters. The lowest BCUT2D eigenvalue weighted by Gasteiger charge is -2.37. The molecule has 0 aliphatic rings. The Morgan fingerprint density at radius 3 is 1.85 bits per heavy atom. The zero-order valence-corrected chi connectivity index (χ0v) is 9.56. The highest BCUT2D eigenvalue weighted by atomic mass is 16.2. The van der Waals surface area contributed by atoms with Gasteiger partial charge in [-0.3, -0.25) is 4.79 Å². The minimum atomic E-state index is -0.544. The van der Waals surface area contributed by atoms with Gasteiger partial charge in [-0.05, 0) is 41.5 Å². The van der Waals surface area contributed by atoms with E-state index in [0.29, 0.717) is 0 Å². The third-order valence-corrected chi connectivity index (χ3v) is 2.60. The fraction of sp³-hybridized carbons (Fsp3) is 0.900. The minimum Gasteiger partial charge on any atom is -0.353 e. The normalized spacial score (nSPS) is 13.2. The van der Waals surface area contributed by atoms with Crippen LogP contribution in [0.3, 0.4) is 0 Å². The van der Waals surface area contributed by atoms with Crippen LogP contribution in [0.15, 0.2) is 0 Å². The van der Waals surface area contributed by atoms with Gasteiger partial charge in [-0.25, -0.2) is 0 Å². The molecule has 0 aliphatic heterocycles. The van der Waals surface area contributed by atoms with Crippen molar-refractivity contribution in [3.05, 3.63) is 0 Å². The molecule has 1 amide bonds. The summed E-state index contributed by atoms with van der Waals surface area (Å²) in [7, 11) is 0. The first-order valence-electron chi connectivity index (χ1n) is 4.69. The number of hydrogen-bond donors (Lipinski definition) is 2. The summed E-state index contributed by atoms with van der Waals surface area (Å²) < 4.78 is 0. The van der Waals surface area contributed by atoms with Gasteiger partial charge in [0.15, 0.2) is 0 Å². The highest BCUT2D eigenvalue weighted by Gasteiger charge is 2.40. The van der Waals surface area contributed by atoms with E-state index in [1.807, 2.05) is 41.5 Å². The van der Waals surface area contributed by atoms with Crippen molar-refractivity contribution in [1.29, 1.82) is 0 Å². The number of amides is 1. The van der Waals surface area contributed by atoms with Crippen molar-refractivity contribution in [2.45, 2.75) is 53.1 Å². The second kappa shape index (κ2) is 3.66. The van der Waals surface area contributed by atoms with Crippen molar-refractivity contribution in [3.8, 4) is 0 Å². The van der Waals surface area contributed by atoms with E-state index in [9.17, 15) is 4.79 Å². The average Bonchev–Trinajstić information content (AvgIpc) is 1.82. The molecule has 0 bridgehead atoms. The number of rotatable bonds is 3. The van der Waals surface area contributed by atoms with Crippen LogP contribution >= 0.6 is 0 Å². The number of hydrogen-bond acceptors (Lipinski definition) is 2. The lowest BCUT2D eigenvalue weighted by Crippen LogP contribution is -2.56. The first-order valence-corrected chi connectivity index (χ1v) is 4.69. The van der Waals surface area contributed by atoms with Gasteiger partial charge in [0.1, 0.15) is 0 Å². The van der Waals surface area contributed by atoms with Gasteiger partial charge in [0.2, 0.25) is 5.91 Å². The van der Waals surface area contributed by atoms with Crippen LogP contribution < -0.4 is 11.1 Å². The van der Waals surface area contributed by atoms with Gasteiger partial charge in [0.25, 0.3) is 0 Å². The highest BCUT2D eigenvalue weighted by molar-refractivity contribution is 5.83. The lowest BCUT2D eigenvalue weighted by atomic mass is 9.74. The standard InChI is InChI=1S/C10H22N2O/c1-7(2)12-8(13)9(3,4)10(5,6)11/h7H,11H2,1-6H3,(H,12,13). The Kier molecular flexibility index (Phi) is 3.50. The molecule has 13 heavy (non-hydrogen) atoms. The van der Waals surface area contributed by atoms with Crippen LogP contribution in [0.2, 0.25) is 0 Å². The van der Waals surface area contributed by atoms with Crippen LogP contribution in [0.4, 0.5) is 0 Å². The fourth-order valence-corrected chi connectivity index (χ4v) is 0.735. The van der Waals surface area contributed by atoms with Crippen LogP contribution in [0.5, 0.6) is 0 Å². The lowest BCUT2D eigenvalue weighted by molar-refractivity contribution is -0.132. The molecule has 0 spiro atoms. The third kappa shape index (κ3) is 2.99. The highest BCUT2D eigenvalue weighted by Crippen LogP contribution is 2.28. The van der Waals surface area contributed by atoms with Crippen LogP contribution in [0, 0.1) is 5.41 Å². The maximum atomic E-state index is 11.7. The van der Waals surface area contributed by atoms with E-state index < -0.39 is 11.0 Å². The summed E-state index contributed by atoms with van der Waals surface area (Å²) in [4.78, 5) is 11.7. The van der Waals surface area contributed by atoms with Crippen molar-refractivity contribution in [2.75, 3.05) is 0 Å². The molecule has 0 atom stereocenters. The number of carbonyl (C=O) groups excluding carboxylic acids is 1. The molecule has 0 saturated carbocycles. The molecule has 3 heteroatoms. The molecule has 0 aliphatic carbocycles. The Bertz CT molecular complexity index is 190. The summed E-state index contributed by atoms with van der Waals surface area (Å²) in [5.41, 5.74) is 4.88. The molecule has 0 rings (SSSR count). The SMILES string of the molecule is CC(C)NC(=O)C(C)(C)C(C)(C)N. The molecule has 3 N–H and O–H groups in total. The van der Waals surface area contributed by atoms with Gasteiger partial charge < -0.3 is 11.1 Å². The summed E-state index contributed by atoms with van der Waals surface area (Å²) in [5.74, 6) is 0.00926. The van der Waals surface area contributed by atoms with E-state index in [1.54, 1.807) is 0 Å². The molecule has 0 heterocycles. The Labute approximate surface area is 81.1 Å². The first-order chi connectivity index (χ1) is 5.59. The molecular formula is C10H22N2O. The van der Waals surface area contributed by atoms with Crippen LogP contribution in [0.25, 0.3) is 0 Å². The number of nitrogens with one attached hydrogen (secondary N) is 1. The van der Waals surface area contributed by atoms with Crippen molar-refractivity contribution in [2.24, 2.45) is 11.1 Å². The predicted octanol–water partition coefficient (Wildman–Crippen LogP) is 1.27. The summed E-state index contributed by atoms with van der Waals surface area (Å²) in [6.07, 6.45) is 0. The van der Waals surface area contributed by atoms with E-state index in [-0.39, 0.29) is 11.9 Å². The van der Waals surface area contributed by atoms with E-state index >= 15 is 0 Å². The smallest absolute Gasteiger partial charge is 0.227 e. The molecule has 0 fully saturated rings. The molecule has 0 saturated heterocycles. The van der Waals surface area contributed by atoms with Gasteiger partial charge in [0.05, 0.1) is 5.41 Å². The maximum Gasteiger partial charge on any atom is 0.227 e. The third-order valence-electron chi connectivity index (χ3n) is 2.60. The predicted molar refractivity (Wildman–Crippen MR) is 55.3 cm³/mol. The van der Waals surface area contributed by atoms with E-state index in [1.165, 1.54) is 0 Å². The van der Waals surface area contributed by atoms with Crippen molar-refractivity contribution in [1.82, 2.24) is 5.32 Å². The van der Waals surface area contributed by atoms with E-state index in [0.717, 1.165) is 0 Å². The molecule has 3 nitrogen and oxygen atoms in total. The van der Waals surface area contributed by atoms with Crippen LogP contribution in [-0.2, 0) is 4.79 Å².